The van der Waals surface area contributed by atoms with Gasteiger partial charge in [-0.25, -0.2) is 0 Å². The number of nitro benzene ring substituents is 1. The van der Waals surface area contributed by atoms with Gasteiger partial charge in [-0.1, -0.05) is 30.3 Å². The van der Waals surface area contributed by atoms with Crippen LogP contribution in [0.15, 0.2) is 48.5 Å². The van der Waals surface area contributed by atoms with E-state index >= 15 is 0 Å². The molecule has 6 heteroatoms. The van der Waals surface area contributed by atoms with E-state index in [1.54, 1.807) is 12.1 Å². The van der Waals surface area contributed by atoms with Gasteiger partial charge in [0, 0.05) is 30.6 Å². The van der Waals surface area contributed by atoms with Gasteiger partial charge in [-0.05, 0) is 24.1 Å². The zero-order valence-electron chi connectivity index (χ0n) is 12.7. The zero-order valence-corrected chi connectivity index (χ0v) is 12.7. The number of amides is 1. The van der Waals surface area contributed by atoms with Gasteiger partial charge < -0.3 is 10.6 Å². The number of hydrogen-bond acceptors (Lipinski definition) is 4. The second-order valence-corrected chi connectivity index (χ2v) is 5.57. The molecule has 2 N–H and O–H groups in total. The van der Waals surface area contributed by atoms with Crippen molar-refractivity contribution in [1.82, 2.24) is 5.32 Å². The number of hydrogen-bond donors (Lipinski definition) is 2. The minimum absolute atomic E-state index is 0.0789. The SMILES string of the molecule is CNC(=O)c1ccc(NC2CC2c2ccccc2)c([N+](=O)[O-])c1. The summed E-state index contributed by atoms with van der Waals surface area (Å²) in [5.41, 5.74) is 1.88. The van der Waals surface area contributed by atoms with Crippen LogP contribution < -0.4 is 10.6 Å². The van der Waals surface area contributed by atoms with Crippen molar-refractivity contribution in [1.29, 1.82) is 0 Å². The zero-order chi connectivity index (χ0) is 16.4. The molecule has 6 nitrogen and oxygen atoms in total. The van der Waals surface area contributed by atoms with Gasteiger partial charge in [0.15, 0.2) is 0 Å². The van der Waals surface area contributed by atoms with E-state index in [0.29, 0.717) is 11.6 Å². The maximum absolute atomic E-state index is 11.6. The fourth-order valence-electron chi connectivity index (χ4n) is 2.71. The molecule has 1 amide bonds. The Bertz CT molecular complexity index is 746. The summed E-state index contributed by atoms with van der Waals surface area (Å²) in [4.78, 5) is 22.4. The number of anilines is 1. The van der Waals surface area contributed by atoms with E-state index in [2.05, 4.69) is 22.8 Å². The lowest BCUT2D eigenvalue weighted by molar-refractivity contribution is -0.384. The molecular formula is C17H17N3O3. The van der Waals surface area contributed by atoms with Crippen LogP contribution in [0.1, 0.15) is 28.3 Å². The van der Waals surface area contributed by atoms with Crippen molar-refractivity contribution >= 4 is 17.3 Å². The smallest absolute Gasteiger partial charge is 0.293 e. The van der Waals surface area contributed by atoms with Crippen LogP contribution >= 0.6 is 0 Å². The van der Waals surface area contributed by atoms with Gasteiger partial charge in [0.25, 0.3) is 11.6 Å². The van der Waals surface area contributed by atoms with Crippen molar-refractivity contribution in [2.75, 3.05) is 12.4 Å². The summed E-state index contributed by atoms with van der Waals surface area (Å²) in [5.74, 6) is 0.0302. The van der Waals surface area contributed by atoms with E-state index < -0.39 is 4.92 Å². The molecule has 2 unspecified atom stereocenters. The van der Waals surface area contributed by atoms with E-state index in [-0.39, 0.29) is 23.2 Å². The fraction of sp³-hybridized carbons (Fsp3) is 0.235. The number of nitrogens with zero attached hydrogens (tertiary/aromatic N) is 1. The summed E-state index contributed by atoms with van der Waals surface area (Å²) in [6, 6.07) is 14.8. The Hall–Kier alpha value is -2.89. The predicted molar refractivity (Wildman–Crippen MR) is 87.7 cm³/mol. The molecule has 0 bridgehead atoms. The molecule has 1 saturated carbocycles. The summed E-state index contributed by atoms with van der Waals surface area (Å²) < 4.78 is 0. The number of nitrogens with one attached hydrogen (secondary N) is 2. The standard InChI is InChI=1S/C17H17N3O3/c1-18-17(21)12-7-8-14(16(9-12)20(22)23)19-15-10-13(15)11-5-3-2-4-6-11/h2-9,13,15,19H,10H2,1H3,(H,18,21). The Kier molecular flexibility index (Phi) is 3.97. The maximum Gasteiger partial charge on any atom is 0.293 e. The molecule has 1 aliphatic carbocycles. The molecule has 0 aliphatic heterocycles. The van der Waals surface area contributed by atoms with Crippen LogP contribution in [-0.2, 0) is 0 Å². The third-order valence-electron chi connectivity index (χ3n) is 4.04. The van der Waals surface area contributed by atoms with E-state index in [0.717, 1.165) is 6.42 Å². The maximum atomic E-state index is 11.6. The quantitative estimate of drug-likeness (QED) is 0.657. The molecule has 3 rings (SSSR count). The third kappa shape index (κ3) is 3.15. The van der Waals surface area contributed by atoms with Gasteiger partial charge in [-0.3, -0.25) is 14.9 Å². The molecule has 118 valence electrons. The first-order valence-corrected chi connectivity index (χ1v) is 7.42. The van der Waals surface area contributed by atoms with Crippen LogP contribution in [0.4, 0.5) is 11.4 Å². The van der Waals surface area contributed by atoms with Gasteiger partial charge in [0.05, 0.1) is 4.92 Å². The minimum Gasteiger partial charge on any atom is -0.376 e. The van der Waals surface area contributed by atoms with Crippen molar-refractivity contribution in [2.45, 2.75) is 18.4 Å². The summed E-state index contributed by atoms with van der Waals surface area (Å²) in [5, 5.41) is 17.0. The molecule has 2 aromatic rings. The van der Waals surface area contributed by atoms with E-state index in [1.807, 2.05) is 18.2 Å². The minimum atomic E-state index is -0.464. The van der Waals surface area contributed by atoms with Crippen LogP contribution in [0.5, 0.6) is 0 Å². The number of rotatable bonds is 5. The Labute approximate surface area is 133 Å². The molecule has 0 heterocycles. The summed E-state index contributed by atoms with van der Waals surface area (Å²) in [6.45, 7) is 0. The lowest BCUT2D eigenvalue weighted by Gasteiger charge is -2.08. The molecule has 1 aliphatic rings. The van der Waals surface area contributed by atoms with E-state index in [4.69, 9.17) is 0 Å². The van der Waals surface area contributed by atoms with Crippen molar-refractivity contribution in [2.24, 2.45) is 0 Å². The third-order valence-corrected chi connectivity index (χ3v) is 4.04. The molecule has 0 spiro atoms. The van der Waals surface area contributed by atoms with Gasteiger partial charge in [-0.15, -0.1) is 0 Å². The highest BCUT2D eigenvalue weighted by molar-refractivity contribution is 5.95. The van der Waals surface area contributed by atoms with Crippen molar-refractivity contribution < 1.29 is 9.72 Å². The van der Waals surface area contributed by atoms with E-state index in [1.165, 1.54) is 18.7 Å². The normalized spacial score (nSPS) is 19.0. The molecule has 0 radical (unpaired) electrons. The van der Waals surface area contributed by atoms with Gasteiger partial charge in [0.1, 0.15) is 5.69 Å². The Morgan fingerprint density at radius 3 is 2.61 bits per heavy atom. The molecular weight excluding hydrogens is 294 g/mol. The van der Waals surface area contributed by atoms with Gasteiger partial charge in [-0.2, -0.15) is 0 Å². The van der Waals surface area contributed by atoms with Crippen LogP contribution in [-0.4, -0.2) is 23.9 Å². The lowest BCUT2D eigenvalue weighted by Crippen LogP contribution is -2.18. The van der Waals surface area contributed by atoms with Crippen LogP contribution in [0.25, 0.3) is 0 Å². The predicted octanol–water partition coefficient (Wildman–Crippen LogP) is 2.92. The second-order valence-electron chi connectivity index (χ2n) is 5.57. The van der Waals surface area contributed by atoms with Crippen molar-refractivity contribution in [3.63, 3.8) is 0 Å². The van der Waals surface area contributed by atoms with Crippen LogP contribution in [0.3, 0.4) is 0 Å². The Morgan fingerprint density at radius 1 is 1.22 bits per heavy atom. The first-order valence-electron chi connectivity index (χ1n) is 7.42. The largest absolute Gasteiger partial charge is 0.376 e. The van der Waals surface area contributed by atoms with Gasteiger partial charge in [0.2, 0.25) is 0 Å². The number of nitro groups is 1. The molecule has 23 heavy (non-hydrogen) atoms. The Balaban J connectivity index is 1.78. The van der Waals surface area contributed by atoms with Crippen molar-refractivity contribution in [3.8, 4) is 0 Å². The Morgan fingerprint density at radius 2 is 1.96 bits per heavy atom. The molecule has 2 aromatic carbocycles. The summed E-state index contributed by atoms with van der Waals surface area (Å²) >= 11 is 0. The van der Waals surface area contributed by atoms with E-state index in [9.17, 15) is 14.9 Å². The number of carbonyl (C=O) groups is 1. The molecule has 1 fully saturated rings. The second kappa shape index (κ2) is 6.08. The highest BCUT2D eigenvalue weighted by Crippen LogP contribution is 2.43. The van der Waals surface area contributed by atoms with Gasteiger partial charge >= 0.3 is 0 Å². The highest BCUT2D eigenvalue weighted by Gasteiger charge is 2.39. The summed E-state index contributed by atoms with van der Waals surface area (Å²) in [7, 11) is 1.50. The van der Waals surface area contributed by atoms with Crippen molar-refractivity contribution in [3.05, 3.63) is 69.8 Å². The fourth-order valence-corrected chi connectivity index (χ4v) is 2.71. The average molecular weight is 311 g/mol. The first-order chi connectivity index (χ1) is 11.1. The lowest BCUT2D eigenvalue weighted by atomic mass is 10.1. The summed E-state index contributed by atoms with van der Waals surface area (Å²) in [6.07, 6.45) is 0.943. The monoisotopic (exact) mass is 311 g/mol. The number of benzene rings is 2. The average Bonchev–Trinajstić information content (AvgIpc) is 3.34. The van der Waals surface area contributed by atoms with Crippen LogP contribution in [0, 0.1) is 10.1 Å². The highest BCUT2D eigenvalue weighted by atomic mass is 16.6. The number of carbonyl (C=O) groups excluding carboxylic acids is 1. The molecule has 2 atom stereocenters. The topological polar surface area (TPSA) is 84.3 Å². The van der Waals surface area contributed by atoms with Crippen LogP contribution in [0.2, 0.25) is 0 Å². The first kappa shape index (κ1) is 15.0. The molecule has 0 aromatic heterocycles. The molecule has 0 saturated heterocycles.